The van der Waals surface area contributed by atoms with Gasteiger partial charge in [-0.1, -0.05) is 147 Å². The van der Waals surface area contributed by atoms with Gasteiger partial charge in [0.25, 0.3) is 0 Å². The number of benzene rings is 9. The summed E-state index contributed by atoms with van der Waals surface area (Å²) >= 11 is 0. The Kier molecular flexibility index (Phi) is 6.93. The van der Waals surface area contributed by atoms with Crippen LogP contribution < -0.4 is 9.80 Å². The zero-order chi connectivity index (χ0) is 36.7. The number of fused-ring (bicyclic) bond motifs is 7. The molecule has 11 rings (SSSR count). The first-order valence-corrected chi connectivity index (χ1v) is 19.2. The third-order valence-corrected chi connectivity index (χ3v) is 12.0. The summed E-state index contributed by atoms with van der Waals surface area (Å²) < 4.78 is 0. The van der Waals surface area contributed by atoms with E-state index in [9.17, 15) is 0 Å². The fourth-order valence-electron chi connectivity index (χ4n) is 9.32. The van der Waals surface area contributed by atoms with Crippen LogP contribution in [-0.4, -0.2) is 0 Å². The molecule has 0 spiro atoms. The average molecular weight is 703 g/mol. The summed E-state index contributed by atoms with van der Waals surface area (Å²) in [6, 6.07) is 71.4. The van der Waals surface area contributed by atoms with Crippen LogP contribution in [0.2, 0.25) is 0 Å². The van der Waals surface area contributed by atoms with Gasteiger partial charge in [-0.25, -0.2) is 0 Å². The summed E-state index contributed by atoms with van der Waals surface area (Å²) in [5.41, 5.74) is 17.2. The second-order valence-electron chi connectivity index (χ2n) is 15.4. The molecule has 0 saturated carbocycles. The lowest BCUT2D eigenvalue weighted by atomic mass is 9.82. The predicted octanol–water partition coefficient (Wildman–Crippen LogP) is 14.9. The molecule has 2 heteroatoms. The first-order valence-electron chi connectivity index (χ1n) is 19.2. The van der Waals surface area contributed by atoms with Crippen LogP contribution in [0, 0.1) is 0 Å². The summed E-state index contributed by atoms with van der Waals surface area (Å²) in [5, 5.41) is 5.07. The normalized spacial score (nSPS) is 13.4. The highest BCUT2D eigenvalue weighted by Gasteiger charge is 2.36. The Hall–Kier alpha value is -6.90. The molecule has 0 N–H and O–H groups in total. The first kappa shape index (κ1) is 31.6. The summed E-state index contributed by atoms with van der Waals surface area (Å²) in [5.74, 6) is 0. The molecule has 2 nitrogen and oxygen atoms in total. The van der Waals surface area contributed by atoms with E-state index in [1.807, 2.05) is 0 Å². The van der Waals surface area contributed by atoms with Crippen LogP contribution in [0.5, 0.6) is 0 Å². The van der Waals surface area contributed by atoms with Crippen molar-refractivity contribution in [2.45, 2.75) is 19.3 Å². The van der Waals surface area contributed by atoms with Crippen molar-refractivity contribution in [1.29, 1.82) is 0 Å². The predicted molar refractivity (Wildman–Crippen MR) is 233 cm³/mol. The molecule has 0 fully saturated rings. The van der Waals surface area contributed by atoms with Gasteiger partial charge in [0.15, 0.2) is 0 Å². The van der Waals surface area contributed by atoms with Crippen molar-refractivity contribution < 1.29 is 0 Å². The maximum absolute atomic E-state index is 2.45. The van der Waals surface area contributed by atoms with E-state index in [1.54, 1.807) is 0 Å². The molecule has 1 aliphatic carbocycles. The van der Waals surface area contributed by atoms with E-state index in [4.69, 9.17) is 0 Å². The van der Waals surface area contributed by atoms with Gasteiger partial charge in [0.2, 0.25) is 0 Å². The van der Waals surface area contributed by atoms with Gasteiger partial charge in [-0.2, -0.15) is 0 Å². The largest absolute Gasteiger partial charge is 0.310 e. The van der Waals surface area contributed by atoms with Crippen molar-refractivity contribution >= 4 is 55.7 Å². The molecule has 0 saturated heterocycles. The molecule has 1 heterocycles. The number of rotatable bonds is 5. The smallest absolute Gasteiger partial charge is 0.0547 e. The van der Waals surface area contributed by atoms with Gasteiger partial charge in [-0.15, -0.1) is 0 Å². The van der Waals surface area contributed by atoms with Crippen molar-refractivity contribution in [3.8, 4) is 33.4 Å². The topological polar surface area (TPSA) is 6.48 Å². The quantitative estimate of drug-likeness (QED) is 0.176. The van der Waals surface area contributed by atoms with Gasteiger partial charge in [-0.3, -0.25) is 0 Å². The highest BCUT2D eigenvalue weighted by atomic mass is 15.2. The highest BCUT2D eigenvalue weighted by Crippen LogP contribution is 2.54. The monoisotopic (exact) mass is 702 g/mol. The van der Waals surface area contributed by atoms with Crippen molar-refractivity contribution in [1.82, 2.24) is 0 Å². The molecule has 0 atom stereocenters. The Morgan fingerprint density at radius 1 is 0.418 bits per heavy atom. The second-order valence-corrected chi connectivity index (χ2v) is 15.4. The Morgan fingerprint density at radius 2 is 1.04 bits per heavy atom. The zero-order valence-corrected chi connectivity index (χ0v) is 30.9. The van der Waals surface area contributed by atoms with Crippen LogP contribution in [0.1, 0.15) is 25.0 Å². The summed E-state index contributed by atoms with van der Waals surface area (Å²) in [6.07, 6.45) is 0. The van der Waals surface area contributed by atoms with Gasteiger partial charge >= 0.3 is 0 Å². The molecule has 9 aromatic carbocycles. The minimum atomic E-state index is -0.0994. The Labute approximate surface area is 322 Å². The summed E-state index contributed by atoms with van der Waals surface area (Å²) in [7, 11) is 0. The van der Waals surface area contributed by atoms with E-state index < -0.39 is 0 Å². The maximum Gasteiger partial charge on any atom is 0.0547 e. The molecule has 1 aliphatic heterocycles. The standard InChI is InChI=1S/C53H38N2/c1-53(2)47-20-9-8-18-44(47)45-32-31-42(34-48(45)53)54(39-25-22-36(23-26-39)35-12-4-3-5-13-35)40-27-29-41(30-28-40)55-49-21-11-16-38-15-10-19-46(51(38)49)52-43-17-7-6-14-37(43)24-33-50(52)55/h3-34H,1-2H3. The van der Waals surface area contributed by atoms with Gasteiger partial charge in [0, 0.05) is 39.1 Å². The van der Waals surface area contributed by atoms with Gasteiger partial charge in [0.05, 0.1) is 11.4 Å². The van der Waals surface area contributed by atoms with Gasteiger partial charge < -0.3 is 9.80 Å². The van der Waals surface area contributed by atoms with Crippen molar-refractivity contribution in [3.63, 3.8) is 0 Å². The molecule has 0 aromatic heterocycles. The van der Waals surface area contributed by atoms with Crippen molar-refractivity contribution in [2.24, 2.45) is 0 Å². The first-order chi connectivity index (χ1) is 27.0. The lowest BCUT2D eigenvalue weighted by Gasteiger charge is -2.34. The number of nitrogens with zero attached hydrogens (tertiary/aromatic N) is 2. The Bertz CT molecular complexity index is 2940. The van der Waals surface area contributed by atoms with Crippen LogP contribution in [0.15, 0.2) is 194 Å². The third-order valence-electron chi connectivity index (χ3n) is 12.0. The fraction of sp³-hybridized carbons (Fsp3) is 0.0566. The van der Waals surface area contributed by atoms with Crippen LogP contribution in [0.3, 0.4) is 0 Å². The molecule has 0 radical (unpaired) electrons. The minimum Gasteiger partial charge on any atom is -0.310 e. The van der Waals surface area contributed by atoms with E-state index in [0.717, 1.165) is 22.7 Å². The van der Waals surface area contributed by atoms with Crippen LogP contribution in [0.25, 0.3) is 54.9 Å². The maximum atomic E-state index is 2.45. The highest BCUT2D eigenvalue weighted by molar-refractivity contribution is 6.19. The zero-order valence-electron chi connectivity index (χ0n) is 30.9. The molecule has 260 valence electrons. The third kappa shape index (κ3) is 4.81. The van der Waals surface area contributed by atoms with Crippen LogP contribution >= 0.6 is 0 Å². The van der Waals surface area contributed by atoms with Crippen LogP contribution in [0.4, 0.5) is 34.1 Å². The Balaban J connectivity index is 1.06. The van der Waals surface area contributed by atoms with Gasteiger partial charge in [-0.05, 0) is 116 Å². The summed E-state index contributed by atoms with van der Waals surface area (Å²) in [4.78, 5) is 4.86. The van der Waals surface area contributed by atoms with Crippen molar-refractivity contribution in [2.75, 3.05) is 9.80 Å². The van der Waals surface area contributed by atoms with Gasteiger partial charge in [0.1, 0.15) is 0 Å². The molecule has 0 amide bonds. The second kappa shape index (κ2) is 12.1. The van der Waals surface area contributed by atoms with E-state index in [0.29, 0.717) is 0 Å². The van der Waals surface area contributed by atoms with E-state index in [1.165, 1.54) is 77.4 Å². The molecule has 2 aliphatic rings. The molecule has 9 aromatic rings. The molecular weight excluding hydrogens is 665 g/mol. The SMILES string of the molecule is CC1(C)c2ccccc2-c2ccc(N(c3ccc(-c4ccccc4)cc3)c3ccc(N4c5ccc6ccccc6c5-c5cccc6cccc4c56)cc3)cc21. The fourth-order valence-corrected chi connectivity index (χ4v) is 9.32. The lowest BCUT2D eigenvalue weighted by Crippen LogP contribution is -2.17. The summed E-state index contributed by atoms with van der Waals surface area (Å²) in [6.45, 7) is 4.71. The minimum absolute atomic E-state index is 0.0994. The number of anilines is 6. The number of hydrogen-bond acceptors (Lipinski definition) is 2. The molecule has 0 unspecified atom stereocenters. The van der Waals surface area contributed by atoms with E-state index in [-0.39, 0.29) is 5.41 Å². The molecular formula is C53H38N2. The Morgan fingerprint density at radius 3 is 1.85 bits per heavy atom. The van der Waals surface area contributed by atoms with E-state index >= 15 is 0 Å². The lowest BCUT2D eigenvalue weighted by molar-refractivity contribution is 0.660. The number of hydrogen-bond donors (Lipinski definition) is 0. The van der Waals surface area contributed by atoms with E-state index in [2.05, 4.69) is 218 Å². The van der Waals surface area contributed by atoms with Crippen molar-refractivity contribution in [3.05, 3.63) is 205 Å². The molecule has 55 heavy (non-hydrogen) atoms. The molecule has 0 bridgehead atoms. The van der Waals surface area contributed by atoms with Crippen LogP contribution in [-0.2, 0) is 5.41 Å². The average Bonchev–Trinajstić information content (AvgIpc) is 3.47.